The second kappa shape index (κ2) is 8.32. The van der Waals surface area contributed by atoms with Gasteiger partial charge in [-0.3, -0.25) is 0 Å². The third kappa shape index (κ3) is 3.31. The third-order valence-corrected chi connectivity index (χ3v) is 10.7. The van der Waals surface area contributed by atoms with E-state index in [0.29, 0.717) is 4.21 Å². The Bertz CT molecular complexity index is 1180. The summed E-state index contributed by atoms with van der Waals surface area (Å²) in [5.41, 5.74) is 2.61. The second-order valence-corrected chi connectivity index (χ2v) is 12.0. The van der Waals surface area contributed by atoms with Gasteiger partial charge in [0.15, 0.2) is 0 Å². The van der Waals surface area contributed by atoms with Crippen LogP contribution in [-0.4, -0.2) is 19.8 Å². The number of ether oxygens (including phenoxy) is 1. The van der Waals surface area contributed by atoms with Crippen LogP contribution in [0.5, 0.6) is 5.75 Å². The monoisotopic (exact) mass is 467 g/mol. The quantitative estimate of drug-likeness (QED) is 0.439. The largest absolute Gasteiger partial charge is 0.497 e. The van der Waals surface area contributed by atoms with Crippen LogP contribution in [0, 0.1) is 5.92 Å². The Hall–Kier alpha value is -2.15. The molecule has 2 atom stereocenters. The Labute approximate surface area is 194 Å². The number of nitrogens with zero attached hydrogens (tertiary/aromatic N) is 1. The Kier molecular flexibility index (Phi) is 5.64. The molecule has 5 rings (SSSR count). The van der Waals surface area contributed by atoms with Crippen molar-refractivity contribution in [2.45, 2.75) is 54.8 Å². The van der Waals surface area contributed by atoms with E-state index in [4.69, 9.17) is 4.74 Å². The molecule has 0 bridgehead atoms. The first-order chi connectivity index (χ1) is 15.5. The van der Waals surface area contributed by atoms with Crippen molar-refractivity contribution in [3.63, 3.8) is 0 Å². The van der Waals surface area contributed by atoms with E-state index in [9.17, 15) is 8.42 Å². The van der Waals surface area contributed by atoms with Crippen LogP contribution in [0.25, 0.3) is 0 Å². The van der Waals surface area contributed by atoms with Crippen LogP contribution < -0.4 is 4.74 Å². The number of sulfonamides is 1. The van der Waals surface area contributed by atoms with Crippen LogP contribution in [0.2, 0.25) is 0 Å². The molecule has 168 valence electrons. The topological polar surface area (TPSA) is 46.6 Å². The number of fused-ring (bicyclic) bond motifs is 1. The van der Waals surface area contributed by atoms with Gasteiger partial charge in [0, 0.05) is 0 Å². The molecule has 1 aliphatic carbocycles. The fourth-order valence-electron chi connectivity index (χ4n) is 5.77. The van der Waals surface area contributed by atoms with E-state index in [1.807, 2.05) is 52.1 Å². The molecular formula is C26H29NO3S2. The second-order valence-electron chi connectivity index (χ2n) is 8.98. The Balaban J connectivity index is 1.75. The summed E-state index contributed by atoms with van der Waals surface area (Å²) in [6.45, 7) is 2.16. The number of benzene rings is 2. The Morgan fingerprint density at radius 2 is 1.69 bits per heavy atom. The Morgan fingerprint density at radius 3 is 2.34 bits per heavy atom. The zero-order chi connectivity index (χ0) is 22.3. The SMILES string of the molecule is COc1ccc(C2c3ccccc3C(C)(C3CCCCC3)N2S(=O)(=O)c2cccs2)cc1. The molecule has 2 unspecified atom stereocenters. The zero-order valence-electron chi connectivity index (χ0n) is 18.5. The maximum Gasteiger partial charge on any atom is 0.254 e. The van der Waals surface area contributed by atoms with Crippen LogP contribution in [-0.2, 0) is 15.6 Å². The van der Waals surface area contributed by atoms with E-state index < -0.39 is 15.6 Å². The molecule has 2 aliphatic rings. The van der Waals surface area contributed by atoms with Gasteiger partial charge in [0.1, 0.15) is 9.96 Å². The first-order valence-electron chi connectivity index (χ1n) is 11.3. The fraction of sp³-hybridized carbons (Fsp3) is 0.385. The van der Waals surface area contributed by atoms with E-state index >= 15 is 0 Å². The van der Waals surface area contributed by atoms with Crippen molar-refractivity contribution < 1.29 is 13.2 Å². The molecule has 1 saturated carbocycles. The van der Waals surface area contributed by atoms with Crippen LogP contribution >= 0.6 is 11.3 Å². The van der Waals surface area contributed by atoms with E-state index in [-0.39, 0.29) is 12.0 Å². The predicted molar refractivity (Wildman–Crippen MR) is 129 cm³/mol. The van der Waals surface area contributed by atoms with Gasteiger partial charge in [-0.1, -0.05) is 61.7 Å². The summed E-state index contributed by atoms with van der Waals surface area (Å²) in [7, 11) is -2.07. The van der Waals surface area contributed by atoms with Crippen molar-refractivity contribution in [2.24, 2.45) is 5.92 Å². The van der Waals surface area contributed by atoms with Gasteiger partial charge in [-0.05, 0) is 66.0 Å². The maximum absolute atomic E-state index is 14.2. The summed E-state index contributed by atoms with van der Waals surface area (Å²) in [6.07, 6.45) is 5.64. The van der Waals surface area contributed by atoms with Crippen molar-refractivity contribution in [1.29, 1.82) is 0 Å². The zero-order valence-corrected chi connectivity index (χ0v) is 20.2. The normalized spacial score (nSPS) is 24.4. The lowest BCUT2D eigenvalue weighted by Gasteiger charge is -2.45. The lowest BCUT2D eigenvalue weighted by molar-refractivity contribution is 0.0962. The van der Waals surface area contributed by atoms with Crippen LogP contribution in [0.3, 0.4) is 0 Å². The molecule has 4 nitrogen and oxygen atoms in total. The molecule has 0 amide bonds. The van der Waals surface area contributed by atoms with Crippen molar-refractivity contribution >= 4 is 21.4 Å². The van der Waals surface area contributed by atoms with Gasteiger partial charge in [-0.2, -0.15) is 4.31 Å². The highest BCUT2D eigenvalue weighted by atomic mass is 32.2. The maximum atomic E-state index is 14.2. The lowest BCUT2D eigenvalue weighted by atomic mass is 9.73. The highest BCUT2D eigenvalue weighted by Gasteiger charge is 2.57. The van der Waals surface area contributed by atoms with E-state index in [0.717, 1.165) is 48.1 Å². The number of hydrogen-bond donors (Lipinski definition) is 0. The molecule has 6 heteroatoms. The molecule has 0 saturated heterocycles. The lowest BCUT2D eigenvalue weighted by Crippen LogP contribution is -2.49. The van der Waals surface area contributed by atoms with Crippen LogP contribution in [0.4, 0.5) is 0 Å². The van der Waals surface area contributed by atoms with E-state index in [1.165, 1.54) is 17.8 Å². The summed E-state index contributed by atoms with van der Waals surface area (Å²) in [6, 6.07) is 19.4. The third-order valence-electron chi connectivity index (χ3n) is 7.33. The molecule has 0 spiro atoms. The van der Waals surface area contributed by atoms with Crippen LogP contribution in [0.1, 0.15) is 61.8 Å². The molecular weight excluding hydrogens is 438 g/mol. The van der Waals surface area contributed by atoms with Gasteiger partial charge in [-0.15, -0.1) is 11.3 Å². The van der Waals surface area contributed by atoms with Gasteiger partial charge in [-0.25, -0.2) is 8.42 Å². The highest BCUT2D eigenvalue weighted by Crippen LogP contribution is 2.57. The summed E-state index contributed by atoms with van der Waals surface area (Å²) in [4.78, 5) is 0. The molecule has 1 aromatic heterocycles. The van der Waals surface area contributed by atoms with Gasteiger partial charge in [0.2, 0.25) is 0 Å². The van der Waals surface area contributed by atoms with Gasteiger partial charge >= 0.3 is 0 Å². The molecule has 3 aromatic rings. The number of hydrogen-bond acceptors (Lipinski definition) is 4. The van der Waals surface area contributed by atoms with E-state index in [2.05, 4.69) is 19.1 Å². The van der Waals surface area contributed by atoms with Crippen molar-refractivity contribution in [3.05, 3.63) is 82.7 Å². The summed E-state index contributed by atoms with van der Waals surface area (Å²) in [5, 5.41) is 1.84. The summed E-state index contributed by atoms with van der Waals surface area (Å²) in [5.74, 6) is 1.05. The molecule has 1 fully saturated rings. The number of thiophene rings is 1. The van der Waals surface area contributed by atoms with Crippen molar-refractivity contribution in [3.8, 4) is 5.75 Å². The van der Waals surface area contributed by atoms with Crippen molar-refractivity contribution in [1.82, 2.24) is 4.31 Å². The number of methoxy groups -OCH3 is 1. The minimum Gasteiger partial charge on any atom is -0.497 e. The average Bonchev–Trinajstić information content (AvgIpc) is 3.47. The molecule has 1 aliphatic heterocycles. The standard InChI is InChI=1S/C26H29NO3S2/c1-26(20-9-4-3-5-10-20)23-12-7-6-11-22(23)25(19-14-16-21(30-2)17-15-19)27(26)32(28,29)24-13-8-18-31-24/h6-8,11-18,20,25H,3-5,9-10H2,1-2H3. The number of rotatable bonds is 5. The highest BCUT2D eigenvalue weighted by molar-refractivity contribution is 7.91. The molecule has 2 aromatic carbocycles. The smallest absolute Gasteiger partial charge is 0.254 e. The van der Waals surface area contributed by atoms with Crippen molar-refractivity contribution in [2.75, 3.05) is 7.11 Å². The first kappa shape index (κ1) is 21.7. The first-order valence-corrected chi connectivity index (χ1v) is 13.6. The predicted octanol–water partition coefficient (Wildman–Crippen LogP) is 6.35. The van der Waals surface area contributed by atoms with Gasteiger partial charge < -0.3 is 4.74 Å². The van der Waals surface area contributed by atoms with E-state index in [1.54, 1.807) is 13.2 Å². The van der Waals surface area contributed by atoms with Crippen LogP contribution in [0.15, 0.2) is 70.3 Å². The average molecular weight is 468 g/mol. The molecule has 2 heterocycles. The Morgan fingerprint density at radius 1 is 0.969 bits per heavy atom. The molecule has 0 radical (unpaired) electrons. The van der Waals surface area contributed by atoms with Gasteiger partial charge in [0.05, 0.1) is 18.7 Å². The van der Waals surface area contributed by atoms with Gasteiger partial charge in [0.25, 0.3) is 10.0 Å². The summed E-state index contributed by atoms with van der Waals surface area (Å²) < 4.78 is 36.1. The molecule has 0 N–H and O–H groups in total. The fourth-order valence-corrected chi connectivity index (χ4v) is 8.82. The summed E-state index contributed by atoms with van der Waals surface area (Å²) >= 11 is 1.30. The molecule has 32 heavy (non-hydrogen) atoms. The minimum atomic E-state index is -3.71. The minimum absolute atomic E-state index is 0.287.